The highest BCUT2D eigenvalue weighted by atomic mass is 32.1. The lowest BCUT2D eigenvalue weighted by Gasteiger charge is -2.05. The lowest BCUT2D eigenvalue weighted by Crippen LogP contribution is -2.01. The van der Waals surface area contributed by atoms with Crippen LogP contribution in [-0.2, 0) is 0 Å². The van der Waals surface area contributed by atoms with Crippen molar-refractivity contribution in [3.8, 4) is 0 Å². The van der Waals surface area contributed by atoms with E-state index in [0.717, 1.165) is 16.4 Å². The molecule has 0 bridgehead atoms. The van der Waals surface area contributed by atoms with Crippen LogP contribution in [0, 0.1) is 6.92 Å². The highest BCUT2D eigenvalue weighted by Gasteiger charge is 2.08. The first-order chi connectivity index (χ1) is 7.66. The first kappa shape index (κ1) is 10.6. The van der Waals surface area contributed by atoms with E-state index in [2.05, 4.69) is 10.3 Å². The summed E-state index contributed by atoms with van der Waals surface area (Å²) in [6.45, 7) is 1.77. The maximum atomic E-state index is 10.9. The van der Waals surface area contributed by atoms with E-state index in [1.54, 1.807) is 25.3 Å². The number of aromatic nitrogens is 1. The summed E-state index contributed by atoms with van der Waals surface area (Å²) in [7, 11) is 0. The SMILES string of the molecule is Cc1ccc(Nc2nccs2)cc1C(=O)O. The molecule has 1 aromatic carbocycles. The van der Waals surface area contributed by atoms with Crippen LogP contribution in [0.5, 0.6) is 0 Å². The van der Waals surface area contributed by atoms with Crippen molar-refractivity contribution in [1.82, 2.24) is 4.98 Å². The van der Waals surface area contributed by atoms with Gasteiger partial charge in [-0.3, -0.25) is 0 Å². The normalized spacial score (nSPS) is 10.1. The van der Waals surface area contributed by atoms with Crippen LogP contribution in [0.15, 0.2) is 29.8 Å². The molecule has 0 saturated carbocycles. The van der Waals surface area contributed by atoms with E-state index in [4.69, 9.17) is 5.11 Å². The molecule has 4 nitrogen and oxygen atoms in total. The molecule has 0 aliphatic carbocycles. The van der Waals surface area contributed by atoms with Gasteiger partial charge in [-0.15, -0.1) is 11.3 Å². The first-order valence-corrected chi connectivity index (χ1v) is 5.55. The van der Waals surface area contributed by atoms with Crippen molar-refractivity contribution in [2.24, 2.45) is 0 Å². The Morgan fingerprint density at radius 2 is 2.31 bits per heavy atom. The van der Waals surface area contributed by atoms with Crippen molar-refractivity contribution in [1.29, 1.82) is 0 Å². The van der Waals surface area contributed by atoms with E-state index in [1.165, 1.54) is 11.3 Å². The Hall–Kier alpha value is -1.88. The molecular formula is C11H10N2O2S. The molecule has 2 N–H and O–H groups in total. The molecule has 0 aliphatic rings. The number of carboxylic acids is 1. The fourth-order valence-electron chi connectivity index (χ4n) is 1.34. The average Bonchev–Trinajstić information content (AvgIpc) is 2.73. The van der Waals surface area contributed by atoms with Gasteiger partial charge in [-0.25, -0.2) is 9.78 Å². The van der Waals surface area contributed by atoms with Gasteiger partial charge in [0.1, 0.15) is 0 Å². The summed E-state index contributed by atoms with van der Waals surface area (Å²) >= 11 is 1.47. The lowest BCUT2D eigenvalue weighted by atomic mass is 10.1. The summed E-state index contributed by atoms with van der Waals surface area (Å²) in [5.41, 5.74) is 1.79. The fourth-order valence-corrected chi connectivity index (χ4v) is 1.89. The third-order valence-electron chi connectivity index (χ3n) is 2.15. The summed E-state index contributed by atoms with van der Waals surface area (Å²) in [4.78, 5) is 15.0. The number of aromatic carboxylic acids is 1. The van der Waals surface area contributed by atoms with Crippen LogP contribution in [0.4, 0.5) is 10.8 Å². The van der Waals surface area contributed by atoms with Gasteiger partial charge in [0.2, 0.25) is 0 Å². The summed E-state index contributed by atoms with van der Waals surface area (Å²) in [6, 6.07) is 5.22. The molecule has 1 aromatic heterocycles. The van der Waals surface area contributed by atoms with E-state index < -0.39 is 5.97 Å². The number of hydrogen-bond donors (Lipinski definition) is 2. The Morgan fingerprint density at radius 3 is 2.94 bits per heavy atom. The molecule has 16 heavy (non-hydrogen) atoms. The molecular weight excluding hydrogens is 224 g/mol. The average molecular weight is 234 g/mol. The molecule has 2 aromatic rings. The van der Waals surface area contributed by atoms with Gasteiger partial charge in [0.25, 0.3) is 0 Å². The molecule has 1 heterocycles. The molecule has 0 saturated heterocycles. The predicted octanol–water partition coefficient (Wildman–Crippen LogP) is 2.89. The number of rotatable bonds is 3. The Bertz CT molecular complexity index is 509. The molecule has 0 radical (unpaired) electrons. The van der Waals surface area contributed by atoms with E-state index in [0.29, 0.717) is 5.56 Å². The van der Waals surface area contributed by atoms with Crippen LogP contribution >= 0.6 is 11.3 Å². The van der Waals surface area contributed by atoms with Crippen LogP contribution in [0.1, 0.15) is 15.9 Å². The number of carboxylic acid groups (broad SMARTS) is 1. The molecule has 5 heteroatoms. The van der Waals surface area contributed by atoms with Gasteiger partial charge >= 0.3 is 5.97 Å². The minimum absolute atomic E-state index is 0.307. The lowest BCUT2D eigenvalue weighted by molar-refractivity contribution is 0.0696. The molecule has 0 atom stereocenters. The zero-order valence-corrected chi connectivity index (χ0v) is 9.41. The zero-order valence-electron chi connectivity index (χ0n) is 8.60. The summed E-state index contributed by atoms with van der Waals surface area (Å²) in [5, 5.41) is 14.6. The Morgan fingerprint density at radius 1 is 1.50 bits per heavy atom. The number of aryl methyl sites for hydroxylation is 1. The van der Waals surface area contributed by atoms with Crippen molar-refractivity contribution < 1.29 is 9.90 Å². The third-order valence-corrected chi connectivity index (χ3v) is 2.84. The van der Waals surface area contributed by atoms with E-state index in [9.17, 15) is 4.79 Å². The molecule has 0 spiro atoms. The number of thiazole rings is 1. The van der Waals surface area contributed by atoms with Crippen molar-refractivity contribution in [2.75, 3.05) is 5.32 Å². The van der Waals surface area contributed by atoms with Gasteiger partial charge < -0.3 is 10.4 Å². The minimum atomic E-state index is -0.916. The standard InChI is InChI=1S/C11H10N2O2S/c1-7-2-3-8(6-9(7)10(14)15)13-11-12-4-5-16-11/h2-6H,1H3,(H,12,13)(H,14,15). The number of hydrogen-bond acceptors (Lipinski definition) is 4. The highest BCUT2D eigenvalue weighted by molar-refractivity contribution is 7.13. The van der Waals surface area contributed by atoms with E-state index in [-0.39, 0.29) is 0 Å². The van der Waals surface area contributed by atoms with Crippen molar-refractivity contribution in [3.05, 3.63) is 40.9 Å². The van der Waals surface area contributed by atoms with Gasteiger partial charge in [0.05, 0.1) is 5.56 Å². The molecule has 0 aliphatic heterocycles. The molecule has 0 fully saturated rings. The molecule has 0 amide bonds. The fraction of sp³-hybridized carbons (Fsp3) is 0.0909. The molecule has 0 unspecified atom stereocenters. The van der Waals surface area contributed by atoms with Gasteiger partial charge in [-0.2, -0.15) is 0 Å². The van der Waals surface area contributed by atoms with Crippen LogP contribution in [0.25, 0.3) is 0 Å². The van der Waals surface area contributed by atoms with Gasteiger partial charge in [-0.1, -0.05) is 6.07 Å². The number of nitrogens with zero attached hydrogens (tertiary/aromatic N) is 1. The quantitative estimate of drug-likeness (QED) is 0.857. The largest absolute Gasteiger partial charge is 0.478 e. The second-order valence-corrected chi connectivity index (χ2v) is 4.19. The van der Waals surface area contributed by atoms with Crippen LogP contribution < -0.4 is 5.32 Å². The topological polar surface area (TPSA) is 62.2 Å². The summed E-state index contributed by atoms with van der Waals surface area (Å²) in [5.74, 6) is -0.916. The second kappa shape index (κ2) is 4.32. The van der Waals surface area contributed by atoms with Gasteiger partial charge in [0.15, 0.2) is 5.13 Å². The zero-order chi connectivity index (χ0) is 11.5. The van der Waals surface area contributed by atoms with Crippen LogP contribution in [-0.4, -0.2) is 16.1 Å². The van der Waals surface area contributed by atoms with Crippen molar-refractivity contribution >= 4 is 28.1 Å². The maximum Gasteiger partial charge on any atom is 0.336 e. The maximum absolute atomic E-state index is 10.9. The third kappa shape index (κ3) is 2.20. The predicted molar refractivity (Wildman–Crippen MR) is 63.5 cm³/mol. The van der Waals surface area contributed by atoms with Gasteiger partial charge in [0, 0.05) is 17.3 Å². The molecule has 82 valence electrons. The van der Waals surface area contributed by atoms with Crippen molar-refractivity contribution in [2.45, 2.75) is 6.92 Å². The van der Waals surface area contributed by atoms with Crippen molar-refractivity contribution in [3.63, 3.8) is 0 Å². The smallest absolute Gasteiger partial charge is 0.336 e. The van der Waals surface area contributed by atoms with Crippen LogP contribution in [0.3, 0.4) is 0 Å². The van der Waals surface area contributed by atoms with E-state index in [1.807, 2.05) is 11.4 Å². The number of benzene rings is 1. The molecule has 2 rings (SSSR count). The summed E-state index contributed by atoms with van der Waals surface area (Å²) < 4.78 is 0. The Labute approximate surface area is 96.6 Å². The van der Waals surface area contributed by atoms with E-state index >= 15 is 0 Å². The number of carbonyl (C=O) groups is 1. The first-order valence-electron chi connectivity index (χ1n) is 4.67. The minimum Gasteiger partial charge on any atom is -0.478 e. The monoisotopic (exact) mass is 234 g/mol. The Kier molecular flexibility index (Phi) is 2.87. The van der Waals surface area contributed by atoms with Crippen LogP contribution in [0.2, 0.25) is 0 Å². The summed E-state index contributed by atoms with van der Waals surface area (Å²) in [6.07, 6.45) is 1.69. The highest BCUT2D eigenvalue weighted by Crippen LogP contribution is 2.21. The number of anilines is 2. The second-order valence-electron chi connectivity index (χ2n) is 3.30. The number of nitrogens with one attached hydrogen (secondary N) is 1. The van der Waals surface area contributed by atoms with Gasteiger partial charge in [-0.05, 0) is 24.6 Å². The Balaban J connectivity index is 2.29.